The summed E-state index contributed by atoms with van der Waals surface area (Å²) < 4.78 is 14.0. The van der Waals surface area contributed by atoms with Gasteiger partial charge in [0.15, 0.2) is 0 Å². The molecule has 2 heterocycles. The van der Waals surface area contributed by atoms with Crippen molar-refractivity contribution in [2.24, 2.45) is 0 Å². The molecule has 0 saturated heterocycles. The minimum absolute atomic E-state index is 0. The standard InChI is InChI=1S/2C25H27OSi.C2H6Si.2ClH.Zr/c2*1-16-13-20-14-21(24-12-7-17(2)26-24)15-23(20)25(18(16)3)19-8-10-22(11-9-19)27(4,5)6;1-3-2;;;/h2*7-15H,1-6H3;1-2H3;2*1H;/q;;;;;+2/p-2. The Morgan fingerprint density at radius 1 is 0.500 bits per heavy atom. The van der Waals surface area contributed by atoms with E-state index < -0.39 is 41.9 Å². The first kappa shape index (κ1) is 46.5. The molecule has 310 valence electrons. The largest absolute Gasteiger partial charge is 1.00 e. The summed E-state index contributed by atoms with van der Waals surface area (Å²) >= 11 is -2.72. The van der Waals surface area contributed by atoms with E-state index >= 15 is 0 Å². The van der Waals surface area contributed by atoms with Gasteiger partial charge in [0.2, 0.25) is 0 Å². The van der Waals surface area contributed by atoms with Crippen LogP contribution >= 0.6 is 0 Å². The second-order valence-corrected chi connectivity index (χ2v) is 47.4. The third-order valence-electron chi connectivity index (χ3n) is 13.0. The Bertz CT molecular complexity index is 2530. The Kier molecular flexibility index (Phi) is 13.4. The molecule has 6 aromatic rings. The summed E-state index contributed by atoms with van der Waals surface area (Å²) in [4.78, 5) is 0. The number of aryl methyl sites for hydroxylation is 4. The van der Waals surface area contributed by atoms with E-state index in [1.807, 2.05) is 0 Å². The van der Waals surface area contributed by atoms with Gasteiger partial charge in [0.25, 0.3) is 0 Å². The number of rotatable bonds is 8. The molecule has 2 atom stereocenters. The van der Waals surface area contributed by atoms with Gasteiger partial charge in [-0.05, 0) is 0 Å². The first-order chi connectivity index (χ1) is 27.3. The van der Waals surface area contributed by atoms with E-state index in [0.717, 1.165) is 23.0 Å². The van der Waals surface area contributed by atoms with Crippen molar-refractivity contribution < 1.29 is 54.0 Å². The van der Waals surface area contributed by atoms with Crippen LogP contribution in [0.3, 0.4) is 0 Å². The molecule has 4 aromatic carbocycles. The van der Waals surface area contributed by atoms with Crippen LogP contribution in [0.4, 0.5) is 0 Å². The molecule has 2 nitrogen and oxygen atoms in total. The Balaban J connectivity index is 0.00000302. The minimum Gasteiger partial charge on any atom is -1.00 e. The van der Waals surface area contributed by atoms with Crippen molar-refractivity contribution in [1.82, 2.24) is 0 Å². The monoisotopic (exact) mass is 960 g/mol. The number of fused-ring (bicyclic) bond motifs is 2. The Morgan fingerprint density at radius 2 is 0.850 bits per heavy atom. The molecule has 0 bridgehead atoms. The van der Waals surface area contributed by atoms with Crippen molar-refractivity contribution in [2.75, 3.05) is 0 Å². The van der Waals surface area contributed by atoms with Crippen molar-refractivity contribution in [1.29, 1.82) is 0 Å². The summed E-state index contributed by atoms with van der Waals surface area (Å²) in [6, 6.07) is 33.2. The van der Waals surface area contributed by atoms with Crippen molar-refractivity contribution in [3.05, 3.63) is 152 Å². The molecule has 0 radical (unpaired) electrons. The van der Waals surface area contributed by atoms with E-state index in [0.29, 0.717) is 7.25 Å². The third kappa shape index (κ3) is 8.31. The third-order valence-corrected chi connectivity index (χ3v) is 36.3. The fourth-order valence-electron chi connectivity index (χ4n) is 9.57. The maximum atomic E-state index is 6.66. The van der Waals surface area contributed by atoms with E-state index in [1.165, 1.54) is 88.3 Å². The van der Waals surface area contributed by atoms with Crippen LogP contribution in [0, 0.1) is 41.5 Å². The Hall–Kier alpha value is -2.97. The van der Waals surface area contributed by atoms with Crippen LogP contribution in [0.25, 0.3) is 45.6 Å². The molecule has 60 heavy (non-hydrogen) atoms. The molecule has 0 N–H and O–H groups in total. The first-order valence-electron chi connectivity index (χ1n) is 21.1. The second-order valence-electron chi connectivity index (χ2n) is 19.4. The molecule has 0 aliphatic heterocycles. The van der Waals surface area contributed by atoms with Crippen molar-refractivity contribution in [3.63, 3.8) is 0 Å². The molecule has 8 heteroatoms. The van der Waals surface area contributed by atoms with Gasteiger partial charge in [0, 0.05) is 0 Å². The van der Waals surface area contributed by atoms with Crippen LogP contribution in [0.2, 0.25) is 52.4 Å². The van der Waals surface area contributed by atoms with Crippen molar-refractivity contribution in [3.8, 4) is 22.3 Å². The zero-order valence-electron chi connectivity index (χ0n) is 38.0. The van der Waals surface area contributed by atoms with E-state index in [9.17, 15) is 0 Å². The molecular formula is C52H60Cl2O2Si3Zr. The quantitative estimate of drug-likeness (QED) is 0.145. The van der Waals surface area contributed by atoms with Gasteiger partial charge >= 0.3 is 360 Å². The maximum Gasteiger partial charge on any atom is -1.00 e. The number of hydrogen-bond acceptors (Lipinski definition) is 2. The molecule has 0 spiro atoms. The number of benzene rings is 4. The average Bonchev–Trinajstić information content (AvgIpc) is 3.95. The average molecular weight is 963 g/mol. The van der Waals surface area contributed by atoms with E-state index in [1.54, 1.807) is 0 Å². The van der Waals surface area contributed by atoms with Gasteiger partial charge in [-0.3, -0.25) is 0 Å². The summed E-state index contributed by atoms with van der Waals surface area (Å²) in [6.45, 7) is 33.4. The zero-order chi connectivity index (χ0) is 41.6. The van der Waals surface area contributed by atoms with E-state index in [4.69, 9.17) is 8.83 Å². The number of furan rings is 2. The van der Waals surface area contributed by atoms with Crippen LogP contribution in [0.15, 0.2) is 93.8 Å². The fraction of sp³-hybridized carbons (Fsp3) is 0.308. The van der Waals surface area contributed by atoms with Crippen molar-refractivity contribution >= 4 is 55.3 Å². The van der Waals surface area contributed by atoms with Gasteiger partial charge < -0.3 is 24.8 Å². The van der Waals surface area contributed by atoms with E-state index in [-0.39, 0.29) is 24.8 Å². The topological polar surface area (TPSA) is 26.3 Å². The zero-order valence-corrected chi connectivity index (χ0v) is 44.9. The van der Waals surface area contributed by atoms with Crippen LogP contribution in [0.5, 0.6) is 0 Å². The molecule has 8 rings (SSSR count). The maximum absolute atomic E-state index is 6.66. The van der Waals surface area contributed by atoms with Gasteiger partial charge in [-0.2, -0.15) is 0 Å². The smallest absolute Gasteiger partial charge is 1.00 e. The van der Waals surface area contributed by atoms with Gasteiger partial charge in [-0.15, -0.1) is 0 Å². The second kappa shape index (κ2) is 17.3. The first-order valence-corrected chi connectivity index (χ1v) is 37.1. The molecule has 0 saturated carbocycles. The number of hydrogen-bond donors (Lipinski definition) is 0. The normalized spacial score (nSPS) is 15.6. The summed E-state index contributed by atoms with van der Waals surface area (Å²) in [5.41, 5.74) is 18.8. The van der Waals surface area contributed by atoms with Gasteiger partial charge in [-0.25, -0.2) is 0 Å². The predicted molar refractivity (Wildman–Crippen MR) is 254 cm³/mol. The molecule has 2 unspecified atom stereocenters. The Morgan fingerprint density at radius 3 is 1.13 bits per heavy atom. The minimum atomic E-state index is -2.72. The number of allylic oxidation sites excluding steroid dienone is 2. The predicted octanol–water partition coefficient (Wildman–Crippen LogP) is 7.92. The SMILES string of the molecule is Cc1ccc(C2=Cc3c(cc(C)c(C)c3-c3ccc([Si](C)(C)C)cc3)[CH]2[Zr+2]([CH]2C(c3ccc(C)o3)=Cc3c2cc(C)c(C)c3-c2ccc([Si](C)(C)C)cc2)=[Si](C)C)o1.[Cl-].[Cl-]. The summed E-state index contributed by atoms with van der Waals surface area (Å²) in [6.07, 6.45) is 5.11. The van der Waals surface area contributed by atoms with Crippen molar-refractivity contribution in [2.45, 2.75) is 101 Å². The van der Waals surface area contributed by atoms with Gasteiger partial charge in [-0.1, -0.05) is 0 Å². The van der Waals surface area contributed by atoms with Gasteiger partial charge in [0.05, 0.1) is 0 Å². The van der Waals surface area contributed by atoms with Crippen LogP contribution in [-0.4, -0.2) is 21.6 Å². The fourth-order valence-corrected chi connectivity index (χ4v) is 31.6. The molecule has 0 fully saturated rings. The van der Waals surface area contributed by atoms with Crippen LogP contribution < -0.4 is 35.2 Å². The molecule has 2 aromatic heterocycles. The summed E-state index contributed by atoms with van der Waals surface area (Å²) in [7, 11) is -2.88. The van der Waals surface area contributed by atoms with Crippen LogP contribution in [-0.2, 0) is 20.4 Å². The Labute approximate surface area is 382 Å². The van der Waals surface area contributed by atoms with Crippen LogP contribution in [0.1, 0.15) is 74.8 Å². The van der Waals surface area contributed by atoms with Gasteiger partial charge in [0.1, 0.15) is 0 Å². The summed E-state index contributed by atoms with van der Waals surface area (Å²) in [5.74, 6) is 4.02. The molecule has 0 amide bonds. The molecule has 2 aliphatic rings. The van der Waals surface area contributed by atoms with E-state index in [2.05, 4.69) is 191 Å². The summed E-state index contributed by atoms with van der Waals surface area (Å²) in [5, 5.41) is 3.00. The molecular weight excluding hydrogens is 903 g/mol. The number of halogens is 2. The molecule has 2 aliphatic carbocycles.